The summed E-state index contributed by atoms with van der Waals surface area (Å²) in [6.45, 7) is 1.41. The number of urea groups is 1. The molecule has 9 heteroatoms. The van der Waals surface area contributed by atoms with Crippen LogP contribution in [-0.2, 0) is 11.3 Å². The molecule has 0 bridgehead atoms. The Morgan fingerprint density at radius 2 is 2.19 bits per heavy atom. The van der Waals surface area contributed by atoms with E-state index in [4.69, 9.17) is 4.74 Å². The lowest BCUT2D eigenvalue weighted by atomic mass is 10.1. The third-order valence-electron chi connectivity index (χ3n) is 4.16. The molecule has 1 atom stereocenters. The number of hydrogen-bond acceptors (Lipinski definition) is 4. The average molecular weight is 376 g/mol. The molecular weight excluding hydrogens is 358 g/mol. The predicted molar refractivity (Wildman–Crippen MR) is 93.1 cm³/mol. The zero-order valence-corrected chi connectivity index (χ0v) is 14.8. The molecule has 0 aliphatic carbocycles. The van der Waals surface area contributed by atoms with Crippen LogP contribution in [0.1, 0.15) is 24.2 Å². The zero-order valence-electron chi connectivity index (χ0n) is 14.8. The standard InChI is InChI=1S/C18H18F2N4O3/c1-10(17-14(20)6-13(27-2)7-21-17)22-16(25)9-24-8-11-5-12(19)3-4-15(11)23-18(24)26/h3-7,10H,8-9H2,1-2H3,(H,22,25)(H,23,26)/t10-/m0/s1. The van der Waals surface area contributed by atoms with Gasteiger partial charge in [0.2, 0.25) is 5.91 Å². The van der Waals surface area contributed by atoms with Gasteiger partial charge in [-0.15, -0.1) is 0 Å². The zero-order chi connectivity index (χ0) is 19.6. The van der Waals surface area contributed by atoms with Crippen molar-refractivity contribution in [2.24, 2.45) is 0 Å². The summed E-state index contributed by atoms with van der Waals surface area (Å²) in [5.41, 5.74) is 1.13. The second kappa shape index (κ2) is 7.56. The van der Waals surface area contributed by atoms with Gasteiger partial charge in [-0.05, 0) is 30.7 Å². The third kappa shape index (κ3) is 4.13. The molecule has 7 nitrogen and oxygen atoms in total. The van der Waals surface area contributed by atoms with Crippen molar-refractivity contribution in [2.45, 2.75) is 19.5 Å². The van der Waals surface area contributed by atoms with Crippen molar-refractivity contribution in [3.63, 3.8) is 0 Å². The molecule has 0 saturated carbocycles. The number of pyridine rings is 1. The molecule has 2 heterocycles. The number of rotatable bonds is 5. The van der Waals surface area contributed by atoms with Gasteiger partial charge in [-0.2, -0.15) is 0 Å². The molecule has 3 rings (SSSR count). The number of amides is 3. The molecule has 142 valence electrons. The highest BCUT2D eigenvalue weighted by atomic mass is 19.1. The molecule has 0 unspecified atom stereocenters. The number of fused-ring (bicyclic) bond motifs is 1. The number of hydrogen-bond donors (Lipinski definition) is 2. The first-order valence-electron chi connectivity index (χ1n) is 8.20. The Balaban J connectivity index is 1.64. The van der Waals surface area contributed by atoms with E-state index in [1.807, 2.05) is 0 Å². The first kappa shape index (κ1) is 18.6. The van der Waals surface area contributed by atoms with Gasteiger partial charge in [0, 0.05) is 11.8 Å². The molecule has 1 aromatic carbocycles. The molecule has 27 heavy (non-hydrogen) atoms. The van der Waals surface area contributed by atoms with Crippen LogP contribution < -0.4 is 15.4 Å². The van der Waals surface area contributed by atoms with Gasteiger partial charge in [-0.3, -0.25) is 9.78 Å². The molecule has 0 fully saturated rings. The van der Waals surface area contributed by atoms with Crippen LogP contribution in [0.3, 0.4) is 0 Å². The molecule has 0 radical (unpaired) electrons. The number of nitrogens with zero attached hydrogens (tertiary/aromatic N) is 2. The minimum absolute atomic E-state index is 0.0552. The Morgan fingerprint density at radius 1 is 1.41 bits per heavy atom. The van der Waals surface area contributed by atoms with E-state index in [1.165, 1.54) is 42.5 Å². The van der Waals surface area contributed by atoms with Crippen LogP contribution >= 0.6 is 0 Å². The second-order valence-electron chi connectivity index (χ2n) is 6.12. The van der Waals surface area contributed by atoms with E-state index in [9.17, 15) is 18.4 Å². The number of ether oxygens (including phenoxy) is 1. The molecule has 2 N–H and O–H groups in total. The minimum Gasteiger partial charge on any atom is -0.495 e. The topological polar surface area (TPSA) is 83.6 Å². The van der Waals surface area contributed by atoms with Crippen LogP contribution in [0, 0.1) is 11.6 Å². The largest absolute Gasteiger partial charge is 0.495 e. The lowest BCUT2D eigenvalue weighted by Gasteiger charge is -2.29. The smallest absolute Gasteiger partial charge is 0.322 e. The SMILES string of the molecule is COc1cnc([C@H](C)NC(=O)CN2Cc3cc(F)ccc3NC2=O)c(F)c1. The first-order valence-corrected chi connectivity index (χ1v) is 8.20. The van der Waals surface area contributed by atoms with Gasteiger partial charge in [0.05, 0.1) is 31.6 Å². The van der Waals surface area contributed by atoms with Crippen LogP contribution in [0.4, 0.5) is 19.3 Å². The molecule has 1 aromatic heterocycles. The summed E-state index contributed by atoms with van der Waals surface area (Å²) in [4.78, 5) is 29.6. The first-order chi connectivity index (χ1) is 12.9. The summed E-state index contributed by atoms with van der Waals surface area (Å²) in [6.07, 6.45) is 1.35. The number of benzene rings is 1. The van der Waals surface area contributed by atoms with Gasteiger partial charge in [0.25, 0.3) is 0 Å². The predicted octanol–water partition coefficient (Wildman–Crippen LogP) is 2.59. The molecular formula is C18H18F2N4O3. The number of halogens is 2. The van der Waals surface area contributed by atoms with Crippen molar-refractivity contribution < 1.29 is 23.1 Å². The minimum atomic E-state index is -0.707. The Morgan fingerprint density at radius 3 is 2.89 bits per heavy atom. The van der Waals surface area contributed by atoms with Crippen LogP contribution in [0.25, 0.3) is 0 Å². The van der Waals surface area contributed by atoms with Gasteiger partial charge >= 0.3 is 6.03 Å². The van der Waals surface area contributed by atoms with E-state index < -0.39 is 29.6 Å². The summed E-state index contributed by atoms with van der Waals surface area (Å²) in [7, 11) is 1.40. The fourth-order valence-electron chi connectivity index (χ4n) is 2.80. The fraction of sp³-hybridized carbons (Fsp3) is 0.278. The normalized spacial score (nSPS) is 14.2. The Kier molecular flexibility index (Phi) is 5.20. The van der Waals surface area contributed by atoms with Crippen LogP contribution in [-0.4, -0.2) is 35.5 Å². The Labute approximate surface area is 154 Å². The maximum atomic E-state index is 14.1. The third-order valence-corrected chi connectivity index (χ3v) is 4.16. The highest BCUT2D eigenvalue weighted by Crippen LogP contribution is 2.24. The van der Waals surface area contributed by atoms with Crippen molar-refractivity contribution in [2.75, 3.05) is 19.0 Å². The summed E-state index contributed by atoms with van der Waals surface area (Å²) in [6, 6.07) is 4.03. The van der Waals surface area contributed by atoms with E-state index >= 15 is 0 Å². The maximum absolute atomic E-state index is 14.1. The lowest BCUT2D eigenvalue weighted by Crippen LogP contribution is -2.45. The summed E-state index contributed by atoms with van der Waals surface area (Å²) >= 11 is 0. The second-order valence-corrected chi connectivity index (χ2v) is 6.12. The number of methoxy groups -OCH3 is 1. The van der Waals surface area contributed by atoms with E-state index in [-0.39, 0.29) is 24.5 Å². The number of carbonyl (C=O) groups is 2. The van der Waals surface area contributed by atoms with Crippen LogP contribution in [0.15, 0.2) is 30.5 Å². The Bertz CT molecular complexity index is 891. The highest BCUT2D eigenvalue weighted by Gasteiger charge is 2.25. The average Bonchev–Trinajstić information content (AvgIpc) is 2.62. The van der Waals surface area contributed by atoms with Gasteiger partial charge < -0.3 is 20.3 Å². The van der Waals surface area contributed by atoms with Gasteiger partial charge in [-0.1, -0.05) is 0 Å². The Hall–Kier alpha value is -3.23. The van der Waals surface area contributed by atoms with E-state index in [2.05, 4.69) is 15.6 Å². The van der Waals surface area contributed by atoms with Crippen LogP contribution in [0.5, 0.6) is 5.75 Å². The summed E-state index contributed by atoms with van der Waals surface area (Å²) < 4.78 is 32.3. The molecule has 1 aliphatic rings. The highest BCUT2D eigenvalue weighted by molar-refractivity contribution is 5.94. The van der Waals surface area contributed by atoms with Crippen molar-refractivity contribution >= 4 is 17.6 Å². The van der Waals surface area contributed by atoms with E-state index in [0.717, 1.165) is 0 Å². The monoisotopic (exact) mass is 376 g/mol. The molecule has 3 amide bonds. The summed E-state index contributed by atoms with van der Waals surface area (Å²) in [5, 5.41) is 5.20. The molecule has 0 spiro atoms. The van der Waals surface area contributed by atoms with Gasteiger partial charge in [0.15, 0.2) is 5.82 Å². The van der Waals surface area contributed by atoms with Gasteiger partial charge in [-0.25, -0.2) is 13.6 Å². The molecule has 1 aliphatic heterocycles. The van der Waals surface area contributed by atoms with Gasteiger partial charge in [0.1, 0.15) is 18.1 Å². The fourth-order valence-corrected chi connectivity index (χ4v) is 2.80. The van der Waals surface area contributed by atoms with Crippen molar-refractivity contribution in [3.05, 3.63) is 53.4 Å². The van der Waals surface area contributed by atoms with E-state index in [1.54, 1.807) is 6.92 Å². The quantitative estimate of drug-likeness (QED) is 0.840. The molecule has 0 saturated heterocycles. The van der Waals surface area contributed by atoms with Crippen LogP contribution in [0.2, 0.25) is 0 Å². The number of carbonyl (C=O) groups excluding carboxylic acids is 2. The lowest BCUT2D eigenvalue weighted by molar-refractivity contribution is -0.122. The summed E-state index contributed by atoms with van der Waals surface area (Å²) in [5.74, 6) is -1.26. The van der Waals surface area contributed by atoms with Crippen molar-refractivity contribution in [1.29, 1.82) is 0 Å². The maximum Gasteiger partial charge on any atom is 0.322 e. The van der Waals surface area contributed by atoms with Crippen molar-refractivity contribution in [1.82, 2.24) is 15.2 Å². The number of anilines is 1. The molecule has 2 aromatic rings. The number of nitrogens with one attached hydrogen (secondary N) is 2. The van der Waals surface area contributed by atoms with E-state index in [0.29, 0.717) is 11.3 Å². The number of aromatic nitrogens is 1. The van der Waals surface area contributed by atoms with Crippen molar-refractivity contribution in [3.8, 4) is 5.75 Å².